The number of nitrogens with zero attached hydrogens (tertiary/aromatic N) is 2. The highest BCUT2D eigenvalue weighted by Crippen LogP contribution is 2.20. The molecule has 5 nitrogen and oxygen atoms in total. The van der Waals surface area contributed by atoms with Crippen molar-refractivity contribution in [1.82, 2.24) is 9.97 Å². The molecule has 1 heterocycles. The van der Waals surface area contributed by atoms with Crippen LogP contribution in [0, 0.1) is 5.92 Å². The maximum absolute atomic E-state index is 6.08. The van der Waals surface area contributed by atoms with E-state index in [-0.39, 0.29) is 0 Å². The Morgan fingerprint density at radius 2 is 2.09 bits per heavy atom. The molecule has 0 atom stereocenters. The largest absolute Gasteiger partial charge is 0.369 e. The Bertz CT molecular complexity index is 537. The SMILES string of the molecule is C/C(=C\C=C(/C)C(C)C)Nc1ncc(Cl)c(NCCCN)n1. The first-order chi connectivity index (χ1) is 10.4. The van der Waals surface area contributed by atoms with Gasteiger partial charge in [0.1, 0.15) is 10.8 Å². The number of allylic oxidation sites excluding steroid dienone is 4. The number of nitrogens with two attached hydrogens (primary N) is 1. The van der Waals surface area contributed by atoms with E-state index in [4.69, 9.17) is 17.3 Å². The highest BCUT2D eigenvalue weighted by atomic mass is 35.5. The van der Waals surface area contributed by atoms with Crippen molar-refractivity contribution in [3.63, 3.8) is 0 Å². The number of hydrogen-bond acceptors (Lipinski definition) is 5. The molecule has 0 saturated heterocycles. The highest BCUT2D eigenvalue weighted by molar-refractivity contribution is 6.32. The first kappa shape index (κ1) is 18.5. The quantitative estimate of drug-likeness (QED) is 0.501. The van der Waals surface area contributed by atoms with Crippen molar-refractivity contribution in [1.29, 1.82) is 0 Å². The molecule has 0 bridgehead atoms. The summed E-state index contributed by atoms with van der Waals surface area (Å²) in [6, 6.07) is 0. The fourth-order valence-corrected chi connectivity index (χ4v) is 1.68. The van der Waals surface area contributed by atoms with E-state index in [1.165, 1.54) is 5.57 Å². The second-order valence-electron chi connectivity index (χ2n) is 5.50. The van der Waals surface area contributed by atoms with Crippen LogP contribution in [-0.4, -0.2) is 23.1 Å². The standard InChI is InChI=1S/C16H26ClN5/c1-11(2)12(3)6-7-13(4)21-16-20-10-14(17)15(22-16)19-9-5-8-18/h6-7,10-11H,5,8-9,18H2,1-4H3,(H2,19,20,21,22)/b12-6+,13-7+. The van der Waals surface area contributed by atoms with Gasteiger partial charge in [0.05, 0.1) is 6.20 Å². The smallest absolute Gasteiger partial charge is 0.228 e. The molecule has 0 aliphatic rings. The topological polar surface area (TPSA) is 75.9 Å². The van der Waals surface area contributed by atoms with Gasteiger partial charge in [-0.1, -0.05) is 37.1 Å². The molecule has 0 amide bonds. The molecular formula is C16H26ClN5. The second kappa shape index (κ2) is 9.43. The van der Waals surface area contributed by atoms with Gasteiger partial charge in [0.2, 0.25) is 5.95 Å². The first-order valence-electron chi connectivity index (χ1n) is 7.52. The molecule has 0 saturated carbocycles. The average Bonchev–Trinajstić information content (AvgIpc) is 2.48. The molecule has 0 unspecified atom stereocenters. The van der Waals surface area contributed by atoms with Gasteiger partial charge in [0, 0.05) is 12.2 Å². The summed E-state index contributed by atoms with van der Waals surface area (Å²) in [5, 5.41) is 6.82. The molecular weight excluding hydrogens is 298 g/mol. The lowest BCUT2D eigenvalue weighted by atomic mass is 10.1. The third-order valence-electron chi connectivity index (χ3n) is 3.23. The lowest BCUT2D eigenvalue weighted by molar-refractivity contribution is 0.769. The Labute approximate surface area is 138 Å². The van der Waals surface area contributed by atoms with Crippen molar-refractivity contribution in [2.75, 3.05) is 23.7 Å². The zero-order valence-electron chi connectivity index (χ0n) is 13.8. The van der Waals surface area contributed by atoms with Gasteiger partial charge < -0.3 is 16.4 Å². The number of halogens is 1. The van der Waals surface area contributed by atoms with E-state index < -0.39 is 0 Å². The van der Waals surface area contributed by atoms with E-state index in [1.54, 1.807) is 6.20 Å². The lowest BCUT2D eigenvalue weighted by Crippen LogP contribution is -2.11. The normalized spacial score (nSPS) is 12.7. The zero-order valence-corrected chi connectivity index (χ0v) is 14.5. The number of aromatic nitrogens is 2. The molecule has 0 aliphatic carbocycles. The molecule has 122 valence electrons. The van der Waals surface area contributed by atoms with Crippen LogP contribution in [0.25, 0.3) is 0 Å². The van der Waals surface area contributed by atoms with Gasteiger partial charge in [-0.3, -0.25) is 0 Å². The first-order valence-corrected chi connectivity index (χ1v) is 7.90. The van der Waals surface area contributed by atoms with Crippen LogP contribution in [0.15, 0.2) is 29.6 Å². The fraction of sp³-hybridized carbons (Fsp3) is 0.500. The molecule has 0 aliphatic heterocycles. The van der Waals surface area contributed by atoms with Crippen molar-refractivity contribution in [2.24, 2.45) is 11.7 Å². The van der Waals surface area contributed by atoms with Gasteiger partial charge in [-0.2, -0.15) is 4.98 Å². The van der Waals surface area contributed by atoms with Gasteiger partial charge in [0.25, 0.3) is 0 Å². The van der Waals surface area contributed by atoms with E-state index >= 15 is 0 Å². The molecule has 1 aromatic rings. The fourth-order valence-electron chi connectivity index (χ4n) is 1.53. The number of anilines is 2. The van der Waals surface area contributed by atoms with Crippen molar-refractivity contribution < 1.29 is 0 Å². The third kappa shape index (κ3) is 6.45. The predicted octanol–water partition coefficient (Wildman–Crippen LogP) is 3.81. The van der Waals surface area contributed by atoms with Crippen molar-refractivity contribution >= 4 is 23.4 Å². The minimum atomic E-state index is 0.500. The third-order valence-corrected chi connectivity index (χ3v) is 3.51. The summed E-state index contributed by atoms with van der Waals surface area (Å²) in [5.74, 6) is 1.67. The summed E-state index contributed by atoms with van der Waals surface area (Å²) in [4.78, 5) is 8.57. The Morgan fingerprint density at radius 3 is 2.73 bits per heavy atom. The maximum Gasteiger partial charge on any atom is 0.228 e. The van der Waals surface area contributed by atoms with Crippen LogP contribution in [0.3, 0.4) is 0 Å². The highest BCUT2D eigenvalue weighted by Gasteiger charge is 2.05. The van der Waals surface area contributed by atoms with E-state index in [2.05, 4.69) is 47.4 Å². The van der Waals surface area contributed by atoms with Gasteiger partial charge in [-0.05, 0) is 38.8 Å². The molecule has 1 rings (SSSR count). The minimum Gasteiger partial charge on any atom is -0.369 e. The van der Waals surface area contributed by atoms with Crippen LogP contribution in [-0.2, 0) is 0 Å². The Hall–Kier alpha value is -1.59. The van der Waals surface area contributed by atoms with Crippen LogP contribution < -0.4 is 16.4 Å². The number of rotatable bonds is 8. The summed E-state index contributed by atoms with van der Waals surface area (Å²) in [5.41, 5.74) is 7.76. The zero-order chi connectivity index (χ0) is 16.5. The molecule has 0 radical (unpaired) electrons. The summed E-state index contributed by atoms with van der Waals surface area (Å²) >= 11 is 6.08. The van der Waals surface area contributed by atoms with E-state index in [9.17, 15) is 0 Å². The number of hydrogen-bond donors (Lipinski definition) is 3. The molecule has 4 N–H and O–H groups in total. The van der Waals surface area contributed by atoms with Gasteiger partial charge in [-0.15, -0.1) is 0 Å². The van der Waals surface area contributed by atoms with Crippen LogP contribution in [0.2, 0.25) is 5.02 Å². The Morgan fingerprint density at radius 1 is 1.36 bits per heavy atom. The van der Waals surface area contributed by atoms with E-state index in [0.717, 1.165) is 18.7 Å². The van der Waals surface area contributed by atoms with Crippen molar-refractivity contribution in [2.45, 2.75) is 34.1 Å². The van der Waals surface area contributed by atoms with Crippen molar-refractivity contribution in [3.8, 4) is 0 Å². The second-order valence-corrected chi connectivity index (χ2v) is 5.91. The van der Waals surface area contributed by atoms with Gasteiger partial charge >= 0.3 is 0 Å². The van der Waals surface area contributed by atoms with Crippen LogP contribution >= 0.6 is 11.6 Å². The van der Waals surface area contributed by atoms with Crippen molar-refractivity contribution in [3.05, 3.63) is 34.6 Å². The van der Waals surface area contributed by atoms with Crippen LogP contribution in [0.4, 0.5) is 11.8 Å². The summed E-state index contributed by atoms with van der Waals surface area (Å²) in [7, 11) is 0. The summed E-state index contributed by atoms with van der Waals surface area (Å²) in [6.45, 7) is 9.80. The van der Waals surface area contributed by atoms with Crippen LogP contribution in [0.5, 0.6) is 0 Å². The molecule has 22 heavy (non-hydrogen) atoms. The Balaban J connectivity index is 2.75. The molecule has 0 fully saturated rings. The van der Waals surface area contributed by atoms with Crippen LogP contribution in [0.1, 0.15) is 34.1 Å². The molecule has 0 aromatic carbocycles. The number of nitrogens with one attached hydrogen (secondary N) is 2. The molecule has 6 heteroatoms. The van der Waals surface area contributed by atoms with Gasteiger partial charge in [0.15, 0.2) is 0 Å². The monoisotopic (exact) mass is 323 g/mol. The summed E-state index contributed by atoms with van der Waals surface area (Å²) in [6.07, 6.45) is 6.57. The predicted molar refractivity (Wildman–Crippen MR) is 95.2 cm³/mol. The van der Waals surface area contributed by atoms with Gasteiger partial charge in [-0.25, -0.2) is 4.98 Å². The molecule has 1 aromatic heterocycles. The van der Waals surface area contributed by atoms with E-state index in [0.29, 0.717) is 29.3 Å². The van der Waals surface area contributed by atoms with E-state index in [1.807, 2.05) is 13.0 Å². The minimum absolute atomic E-state index is 0.500. The Kier molecular flexibility index (Phi) is 7.91. The molecule has 0 spiro atoms. The lowest BCUT2D eigenvalue weighted by Gasteiger charge is -2.10. The average molecular weight is 324 g/mol. The summed E-state index contributed by atoms with van der Waals surface area (Å²) < 4.78 is 0. The maximum atomic E-state index is 6.08.